The normalized spacial score (nSPS) is 32.1. The van der Waals surface area contributed by atoms with Crippen molar-refractivity contribution in [1.29, 1.82) is 0 Å². The van der Waals surface area contributed by atoms with Gasteiger partial charge in [-0.05, 0) is 319 Å². The lowest BCUT2D eigenvalue weighted by Crippen LogP contribution is -2.54. The van der Waals surface area contributed by atoms with Gasteiger partial charge in [-0.15, -0.1) is 62.8 Å². The first-order valence-electron chi connectivity index (χ1n) is 36.1. The fourth-order valence-corrected chi connectivity index (χ4v) is 138. The zero-order valence-corrected chi connectivity index (χ0v) is 76.9. The van der Waals surface area contributed by atoms with Gasteiger partial charge >= 0.3 is 31.8 Å². The number of hydrogen-bond acceptors (Lipinski definition) is 24. The van der Waals surface area contributed by atoms with Crippen molar-refractivity contribution in [1.82, 2.24) is 0 Å². The monoisotopic (exact) mass is 1680 g/mol. The molecule has 0 aromatic rings. The maximum atomic E-state index is 7.55. The van der Waals surface area contributed by atoms with Crippen LogP contribution in [-0.2, 0) is 53.1 Å². The molecule has 0 heterocycles. The van der Waals surface area contributed by atoms with Gasteiger partial charge in [0.2, 0.25) is 0 Å². The Labute approximate surface area is 630 Å². The first-order chi connectivity index (χ1) is 45.3. The summed E-state index contributed by atoms with van der Waals surface area (Å²) in [7, 11) is -9.15. The highest BCUT2D eigenvalue weighted by Gasteiger charge is 2.77. The maximum Gasteiger partial charge on any atom is 0.583 e. The molecule has 94 heavy (non-hydrogen) atoms. The lowest BCUT2D eigenvalue weighted by atomic mass is 9.99. The maximum absolute atomic E-state index is 7.55. The van der Waals surface area contributed by atoms with Crippen molar-refractivity contribution in [2.75, 3.05) is 79.3 Å². The van der Waals surface area contributed by atoms with Crippen LogP contribution in [0, 0.1) is 53.3 Å². The molecule has 0 aliphatic heterocycles. The molecule has 8 aliphatic rings. The van der Waals surface area contributed by atoms with Gasteiger partial charge < -0.3 is 53.1 Å². The lowest BCUT2D eigenvalue weighted by molar-refractivity contribution is 0.0963. The van der Waals surface area contributed by atoms with Crippen molar-refractivity contribution in [2.45, 2.75) is 251 Å². The third kappa shape index (κ3) is 17.3. The number of hydrogen-bond donors (Lipinski definition) is 4. The minimum Gasteiger partial charge on any atom is -0.365 e. The summed E-state index contributed by atoms with van der Waals surface area (Å²) in [4.78, 5) is 0. The van der Waals surface area contributed by atoms with E-state index in [1.807, 2.05) is 59.8 Å². The van der Waals surface area contributed by atoms with E-state index in [0.717, 1.165) is 44.9 Å². The van der Waals surface area contributed by atoms with Crippen LogP contribution in [0.4, 0.5) is 0 Å². The van der Waals surface area contributed by atoms with Crippen molar-refractivity contribution in [3.63, 3.8) is 0 Å². The zero-order chi connectivity index (χ0) is 68.2. The summed E-state index contributed by atoms with van der Waals surface area (Å²) in [5.74, 6) is 4.56. The third-order valence-electron chi connectivity index (χ3n) is 21.0. The quantitative estimate of drug-likeness (QED) is 0.0263. The largest absolute Gasteiger partial charge is 0.583 e. The van der Waals surface area contributed by atoms with Crippen LogP contribution in [0.15, 0.2) is 9.81 Å². The van der Waals surface area contributed by atoms with Gasteiger partial charge in [0.1, 0.15) is 0 Å². The Kier molecular flexibility index (Phi) is 35.3. The van der Waals surface area contributed by atoms with Crippen LogP contribution in [-0.4, -0.2) is 136 Å². The van der Waals surface area contributed by atoms with Crippen molar-refractivity contribution < 1.29 is 53.1 Å². The minimum absolute atomic E-state index is 0.235. The topological polar surface area (TPSA) is 111 Å². The van der Waals surface area contributed by atoms with Gasteiger partial charge in [-0.3, -0.25) is 0 Å². The van der Waals surface area contributed by atoms with E-state index in [4.69, 9.17) is 99.8 Å². The second-order valence-electron chi connectivity index (χ2n) is 26.7. The van der Waals surface area contributed by atoms with Crippen molar-refractivity contribution >= 4 is 191 Å². The molecular formula is C62H124O12S16Si4. The Balaban J connectivity index is 1.81. The van der Waals surface area contributed by atoms with Crippen molar-refractivity contribution in [3.8, 4) is 0 Å². The Morgan fingerprint density at radius 3 is 0.809 bits per heavy atom. The predicted octanol–water partition coefficient (Wildman–Crippen LogP) is 23.5. The summed E-state index contributed by atoms with van der Waals surface area (Å²) < 4.78 is 91.0. The zero-order valence-electron chi connectivity index (χ0n) is 59.5. The van der Waals surface area contributed by atoms with E-state index in [1.165, 1.54) is 77.0 Å². The third-order valence-corrected chi connectivity index (χ3v) is 109. The molecule has 12 nitrogen and oxygen atoms in total. The van der Waals surface area contributed by atoms with Crippen LogP contribution in [0.2, 0.25) is 0 Å². The lowest BCUT2D eigenvalue weighted by Gasteiger charge is -2.71. The molecule has 8 aliphatic carbocycles. The molecule has 0 aromatic heterocycles. The molecule has 0 N–H and O–H groups in total. The average Bonchev–Trinajstić information content (AvgIpc) is 0.991. The fourth-order valence-electron chi connectivity index (χ4n) is 18.0. The number of thiol groups is 4. The molecule has 0 aromatic carbocycles. The molecule has 8 saturated carbocycles. The van der Waals surface area contributed by atoms with Crippen LogP contribution < -0.4 is 0 Å². The fraction of sp³-hybridized carbons (Fsp3) is 0.968. The van der Waals surface area contributed by atoms with Gasteiger partial charge in [0.05, 0.1) is 4.08 Å². The number of fused-ring (bicyclic) bond motifs is 8. The minimum atomic E-state index is -3.78. The molecule has 0 saturated heterocycles. The summed E-state index contributed by atoms with van der Waals surface area (Å²) in [5.41, 5.74) is 1.57. The smallest absolute Gasteiger partial charge is 0.365 e. The van der Waals surface area contributed by atoms with E-state index in [9.17, 15) is 0 Å². The van der Waals surface area contributed by atoms with Crippen molar-refractivity contribution in [2.24, 2.45) is 53.3 Å². The van der Waals surface area contributed by atoms with Gasteiger partial charge in [-0.2, -0.15) is 0 Å². The van der Waals surface area contributed by atoms with E-state index in [2.05, 4.69) is 124 Å². The Morgan fingerprint density at radius 1 is 0.362 bits per heavy atom. The molecule has 8 fully saturated rings. The summed E-state index contributed by atoms with van der Waals surface area (Å²) >= 11 is 24.9. The van der Waals surface area contributed by atoms with E-state index < -0.39 is 68.3 Å². The molecule has 16 unspecified atom stereocenters. The summed E-state index contributed by atoms with van der Waals surface area (Å²) in [6.07, 6.45) is 21.7. The second-order valence-corrected chi connectivity index (χ2v) is 81.2. The molecule has 0 radical (unpaired) electrons. The highest BCUT2D eigenvalue weighted by molar-refractivity contribution is 9.48. The highest BCUT2D eigenvalue weighted by Crippen LogP contribution is 3.06. The van der Waals surface area contributed by atoms with Crippen LogP contribution >= 0.6 is 159 Å². The number of rotatable bonds is 49. The first-order valence-corrected chi connectivity index (χ1v) is 67.6. The van der Waals surface area contributed by atoms with E-state index in [0.29, 0.717) is 133 Å². The molecule has 0 amide bonds. The standard InChI is InChI=1S/C62H124O12S16Si4/c1-16-56(61(87(79-75,57-43-48-29-33-52(57)39-48)83-91(63-17-2,64-18-3)65-19-4)88(80-76,58-44-49-30-34-53(58)40-49)84-92(66-20-5,67-21-6)68-22-7)62(38-37-47(14)15,89(81-77,59-45-50-31-35-54(59)41-50)85-93(69-23-8,70-24-9)71-25-10)90(82-78,60-46-51-32-36-55(60)42-51)86-94(72-26-11,73-27-12)74-28-13/h47-55,57-60,75-78H,16-46H2,1-15H3. The molecule has 16 atom stereocenters. The highest BCUT2D eigenvalue weighted by atomic mass is 33.8. The van der Waals surface area contributed by atoms with Gasteiger partial charge in [-0.1, -0.05) is 62.6 Å². The molecule has 0 spiro atoms. The molecule has 8 bridgehead atoms. The Hall–Kier alpha value is 5.73. The summed E-state index contributed by atoms with van der Waals surface area (Å²) in [6, 6.07) is 0. The van der Waals surface area contributed by atoms with Crippen LogP contribution in [0.3, 0.4) is 0 Å². The van der Waals surface area contributed by atoms with Crippen LogP contribution in [0.5, 0.6) is 0 Å². The van der Waals surface area contributed by atoms with Gasteiger partial charge in [0.25, 0.3) is 0 Å². The second kappa shape index (κ2) is 38.9. The predicted molar refractivity (Wildman–Crippen MR) is 451 cm³/mol. The van der Waals surface area contributed by atoms with Gasteiger partial charge in [0.15, 0.2) is 0 Å². The molecule has 556 valence electrons. The van der Waals surface area contributed by atoms with Crippen LogP contribution in [0.25, 0.3) is 0 Å². The van der Waals surface area contributed by atoms with E-state index in [-0.39, 0.29) is 21.0 Å². The molecule has 32 heteroatoms. The first kappa shape index (κ1) is 85.3. The Bertz CT molecular complexity index is 2160. The van der Waals surface area contributed by atoms with Crippen molar-refractivity contribution in [3.05, 3.63) is 9.81 Å². The average molecular weight is 1690 g/mol. The van der Waals surface area contributed by atoms with Crippen LogP contribution in [0.1, 0.15) is 226 Å². The van der Waals surface area contributed by atoms with Gasteiger partial charge in [-0.25, -0.2) is 0 Å². The summed E-state index contributed by atoms with van der Waals surface area (Å²) in [5, 5.41) is 0.961. The SMILES string of the molecule is CCO[Si](OCC)(OCC)SS(SS)(C(=C(CC)C(CCC(C)C)(S(SS)(S[Si](OCC)(OCC)OCC)C1CC2CCC1C2)S(SS)(S[Si](OCC)(OCC)OCC)C1CC2CCC1C2)S(SS)(S[Si](OCC)(OCC)OCC)C1CC2CCC1C2)C1CC2CCC1C2. The van der Waals surface area contributed by atoms with Gasteiger partial charge in [0, 0.05) is 105 Å². The molecule has 8 rings (SSSR count). The van der Waals surface area contributed by atoms with E-state index in [1.54, 1.807) is 9.81 Å². The Morgan fingerprint density at radius 2 is 0.617 bits per heavy atom. The molecular weight excluding hydrogens is 1560 g/mol. The summed E-state index contributed by atoms with van der Waals surface area (Å²) in [6.45, 7) is 38.9. The van der Waals surface area contributed by atoms with E-state index >= 15 is 0 Å².